The lowest BCUT2D eigenvalue weighted by Gasteiger charge is -2.18. The minimum atomic E-state index is -0.113. The van der Waals surface area contributed by atoms with Crippen LogP contribution < -0.4 is 0 Å². The first-order chi connectivity index (χ1) is 7.70. The van der Waals surface area contributed by atoms with E-state index in [9.17, 15) is 5.11 Å². The molecule has 98 valence electrons. The Labute approximate surface area is 103 Å². The van der Waals surface area contributed by atoms with Crippen molar-refractivity contribution >= 4 is 0 Å². The van der Waals surface area contributed by atoms with Gasteiger partial charge in [0, 0.05) is 0 Å². The maximum absolute atomic E-state index is 9.48. The van der Waals surface area contributed by atoms with E-state index >= 15 is 0 Å². The van der Waals surface area contributed by atoms with Gasteiger partial charge in [-0.3, -0.25) is 0 Å². The van der Waals surface area contributed by atoms with Gasteiger partial charge in [0.2, 0.25) is 0 Å². The van der Waals surface area contributed by atoms with Gasteiger partial charge in [0.15, 0.2) is 0 Å². The molecule has 0 aromatic rings. The molecule has 1 nitrogen and oxygen atoms in total. The van der Waals surface area contributed by atoms with Crippen molar-refractivity contribution in [1.82, 2.24) is 0 Å². The van der Waals surface area contributed by atoms with Crippen LogP contribution in [-0.2, 0) is 0 Å². The zero-order valence-corrected chi connectivity index (χ0v) is 11.7. The number of unbranched alkanes of at least 4 members (excludes halogenated alkanes) is 5. The Kier molecular flexibility index (Phi) is 11.4. The Hall–Kier alpha value is -0.0400. The summed E-state index contributed by atoms with van der Waals surface area (Å²) in [7, 11) is 0. The van der Waals surface area contributed by atoms with Crippen LogP contribution in [0, 0.1) is 5.92 Å². The van der Waals surface area contributed by atoms with Crippen molar-refractivity contribution in [2.45, 2.75) is 91.1 Å². The Morgan fingerprint density at radius 2 is 1.31 bits per heavy atom. The van der Waals surface area contributed by atoms with E-state index in [0.717, 1.165) is 12.3 Å². The molecular formula is C15H32O. The van der Waals surface area contributed by atoms with E-state index in [1.54, 1.807) is 0 Å². The van der Waals surface area contributed by atoms with E-state index in [2.05, 4.69) is 13.8 Å². The molecule has 0 radical (unpaired) electrons. The monoisotopic (exact) mass is 228 g/mol. The van der Waals surface area contributed by atoms with Crippen LogP contribution in [0.4, 0.5) is 0 Å². The normalized spacial score (nSPS) is 15.0. The molecule has 0 fully saturated rings. The molecule has 1 heteroatoms. The Morgan fingerprint density at radius 3 is 1.81 bits per heavy atom. The van der Waals surface area contributed by atoms with Gasteiger partial charge in [-0.1, -0.05) is 71.6 Å². The zero-order chi connectivity index (χ0) is 12.2. The molecule has 2 unspecified atom stereocenters. The average Bonchev–Trinajstić information content (AvgIpc) is 2.23. The molecule has 0 aliphatic heterocycles. The number of hydrogen-bond donors (Lipinski definition) is 1. The lowest BCUT2D eigenvalue weighted by atomic mass is 9.90. The fourth-order valence-corrected chi connectivity index (χ4v) is 2.41. The second-order valence-electron chi connectivity index (χ2n) is 5.30. The lowest BCUT2D eigenvalue weighted by Crippen LogP contribution is -2.10. The van der Waals surface area contributed by atoms with Gasteiger partial charge in [-0.2, -0.15) is 0 Å². The SMILES string of the molecule is CCCCCCC(CCCCC)CC(C)O. The zero-order valence-electron chi connectivity index (χ0n) is 11.7. The van der Waals surface area contributed by atoms with Gasteiger partial charge < -0.3 is 5.11 Å². The minimum Gasteiger partial charge on any atom is -0.393 e. The summed E-state index contributed by atoms with van der Waals surface area (Å²) >= 11 is 0. The fourth-order valence-electron chi connectivity index (χ4n) is 2.41. The average molecular weight is 228 g/mol. The van der Waals surface area contributed by atoms with Crippen LogP contribution in [0.1, 0.15) is 85.0 Å². The van der Waals surface area contributed by atoms with Gasteiger partial charge in [0.25, 0.3) is 0 Å². The second kappa shape index (κ2) is 11.4. The molecule has 0 saturated heterocycles. The largest absolute Gasteiger partial charge is 0.393 e. The lowest BCUT2D eigenvalue weighted by molar-refractivity contribution is 0.152. The van der Waals surface area contributed by atoms with Gasteiger partial charge in [0.1, 0.15) is 0 Å². The quantitative estimate of drug-likeness (QED) is 0.497. The van der Waals surface area contributed by atoms with Gasteiger partial charge in [0.05, 0.1) is 6.10 Å². The van der Waals surface area contributed by atoms with Crippen molar-refractivity contribution in [2.75, 3.05) is 0 Å². The van der Waals surface area contributed by atoms with Crippen LogP contribution in [0.15, 0.2) is 0 Å². The molecule has 0 rings (SSSR count). The van der Waals surface area contributed by atoms with E-state index in [1.807, 2.05) is 6.92 Å². The standard InChI is InChI=1S/C15H32O/c1-4-6-8-10-12-15(13-14(3)16)11-9-7-5-2/h14-16H,4-13H2,1-3H3. The van der Waals surface area contributed by atoms with Crippen LogP contribution in [-0.4, -0.2) is 11.2 Å². The van der Waals surface area contributed by atoms with Crippen LogP contribution in [0.3, 0.4) is 0 Å². The van der Waals surface area contributed by atoms with Crippen LogP contribution in [0.25, 0.3) is 0 Å². The number of hydrogen-bond acceptors (Lipinski definition) is 1. The molecule has 0 spiro atoms. The highest BCUT2D eigenvalue weighted by Crippen LogP contribution is 2.22. The molecule has 0 aliphatic carbocycles. The summed E-state index contributed by atoms with van der Waals surface area (Å²) < 4.78 is 0. The molecule has 0 heterocycles. The molecule has 0 aromatic carbocycles. The van der Waals surface area contributed by atoms with Crippen molar-refractivity contribution in [3.8, 4) is 0 Å². The smallest absolute Gasteiger partial charge is 0.0514 e. The second-order valence-corrected chi connectivity index (χ2v) is 5.30. The summed E-state index contributed by atoms with van der Waals surface area (Å²) in [5, 5.41) is 9.48. The topological polar surface area (TPSA) is 20.2 Å². The van der Waals surface area contributed by atoms with Crippen molar-refractivity contribution in [3.05, 3.63) is 0 Å². The van der Waals surface area contributed by atoms with E-state index in [1.165, 1.54) is 57.8 Å². The van der Waals surface area contributed by atoms with E-state index in [0.29, 0.717) is 0 Å². The first-order valence-corrected chi connectivity index (χ1v) is 7.38. The van der Waals surface area contributed by atoms with Crippen LogP contribution >= 0.6 is 0 Å². The molecule has 0 saturated carbocycles. The number of aliphatic hydroxyl groups is 1. The first-order valence-electron chi connectivity index (χ1n) is 7.38. The Balaban J connectivity index is 3.63. The summed E-state index contributed by atoms with van der Waals surface area (Å²) in [6, 6.07) is 0. The Bertz CT molecular complexity index is 131. The van der Waals surface area contributed by atoms with E-state index in [4.69, 9.17) is 0 Å². The summed E-state index contributed by atoms with van der Waals surface area (Å²) in [5.74, 6) is 0.767. The van der Waals surface area contributed by atoms with Crippen LogP contribution in [0.2, 0.25) is 0 Å². The maximum atomic E-state index is 9.48. The predicted molar refractivity (Wildman–Crippen MR) is 72.7 cm³/mol. The third-order valence-electron chi connectivity index (χ3n) is 3.36. The molecule has 0 amide bonds. The third kappa shape index (κ3) is 10.5. The van der Waals surface area contributed by atoms with Crippen molar-refractivity contribution in [1.29, 1.82) is 0 Å². The van der Waals surface area contributed by atoms with Gasteiger partial charge in [-0.15, -0.1) is 0 Å². The van der Waals surface area contributed by atoms with Crippen molar-refractivity contribution in [3.63, 3.8) is 0 Å². The molecular weight excluding hydrogens is 196 g/mol. The fraction of sp³-hybridized carbons (Fsp3) is 1.00. The van der Waals surface area contributed by atoms with E-state index in [-0.39, 0.29) is 6.10 Å². The highest BCUT2D eigenvalue weighted by atomic mass is 16.3. The summed E-state index contributed by atoms with van der Waals surface area (Å²) in [4.78, 5) is 0. The van der Waals surface area contributed by atoms with E-state index < -0.39 is 0 Å². The van der Waals surface area contributed by atoms with Gasteiger partial charge >= 0.3 is 0 Å². The number of aliphatic hydroxyl groups excluding tert-OH is 1. The summed E-state index contributed by atoms with van der Waals surface area (Å²) in [5.41, 5.74) is 0. The maximum Gasteiger partial charge on any atom is 0.0514 e. The Morgan fingerprint density at radius 1 is 0.812 bits per heavy atom. The summed E-state index contributed by atoms with van der Waals surface area (Å²) in [6.45, 7) is 6.44. The molecule has 0 aromatic heterocycles. The van der Waals surface area contributed by atoms with Gasteiger partial charge in [-0.25, -0.2) is 0 Å². The first kappa shape index (κ1) is 16.0. The molecule has 1 N–H and O–H groups in total. The summed E-state index contributed by atoms with van der Waals surface area (Å²) in [6.07, 6.45) is 13.0. The number of rotatable bonds is 11. The third-order valence-corrected chi connectivity index (χ3v) is 3.36. The predicted octanol–water partition coefficient (Wildman–Crippen LogP) is 4.92. The van der Waals surface area contributed by atoms with Crippen molar-refractivity contribution in [2.24, 2.45) is 5.92 Å². The minimum absolute atomic E-state index is 0.113. The molecule has 0 aliphatic rings. The molecule has 0 bridgehead atoms. The molecule has 2 atom stereocenters. The highest BCUT2D eigenvalue weighted by molar-refractivity contribution is 4.63. The van der Waals surface area contributed by atoms with Crippen molar-refractivity contribution < 1.29 is 5.11 Å². The van der Waals surface area contributed by atoms with Crippen LogP contribution in [0.5, 0.6) is 0 Å². The van der Waals surface area contributed by atoms with Gasteiger partial charge in [-0.05, 0) is 19.3 Å². The highest BCUT2D eigenvalue weighted by Gasteiger charge is 2.11. The molecule has 16 heavy (non-hydrogen) atoms.